The van der Waals surface area contributed by atoms with Crippen LogP contribution in [0, 0.1) is 0 Å². The summed E-state index contributed by atoms with van der Waals surface area (Å²) in [5, 5.41) is 2.94. The molecule has 0 atom stereocenters. The molecule has 2 rings (SSSR count). The molecule has 1 aromatic carbocycles. The number of hydrogen-bond acceptors (Lipinski definition) is 3. The average Bonchev–Trinajstić information content (AvgIpc) is 3.06. The molecule has 1 N–H and O–H groups in total. The second-order valence-electron chi connectivity index (χ2n) is 5.65. The second-order valence-corrected chi connectivity index (χ2v) is 5.65. The zero-order valence-corrected chi connectivity index (χ0v) is 14.0. The summed E-state index contributed by atoms with van der Waals surface area (Å²) >= 11 is 0. The summed E-state index contributed by atoms with van der Waals surface area (Å²) in [4.78, 5) is 23.3. The van der Waals surface area contributed by atoms with Crippen molar-refractivity contribution in [3.05, 3.63) is 59.9 Å². The molecule has 0 saturated carbocycles. The third-order valence-electron chi connectivity index (χ3n) is 3.83. The summed E-state index contributed by atoms with van der Waals surface area (Å²) in [6.45, 7) is 1.28. The van der Waals surface area contributed by atoms with Gasteiger partial charge in [0.1, 0.15) is 5.69 Å². The molecule has 0 spiro atoms. The predicted molar refractivity (Wildman–Crippen MR) is 92.8 cm³/mol. The lowest BCUT2D eigenvalue weighted by Gasteiger charge is -2.10. The summed E-state index contributed by atoms with van der Waals surface area (Å²) in [5.41, 5.74) is 1.82. The molecule has 0 bridgehead atoms. The SMILES string of the molecule is COC(=O)CCCCCNC(=O)c1cccn1Cc1ccccc1. The summed E-state index contributed by atoms with van der Waals surface area (Å²) in [6, 6.07) is 13.8. The zero-order valence-electron chi connectivity index (χ0n) is 14.0. The summed E-state index contributed by atoms with van der Waals surface area (Å²) < 4.78 is 6.54. The van der Waals surface area contributed by atoms with Crippen molar-refractivity contribution in [1.82, 2.24) is 9.88 Å². The molecular formula is C19H24N2O3. The Morgan fingerprint density at radius 1 is 1.04 bits per heavy atom. The van der Waals surface area contributed by atoms with Gasteiger partial charge in [-0.25, -0.2) is 0 Å². The molecular weight excluding hydrogens is 304 g/mol. The van der Waals surface area contributed by atoms with Crippen LogP contribution in [0.4, 0.5) is 0 Å². The lowest BCUT2D eigenvalue weighted by atomic mass is 10.2. The molecule has 128 valence electrons. The molecule has 0 aliphatic carbocycles. The standard InChI is InChI=1S/C19H24N2O3/c1-24-18(22)12-6-3-7-13-20-19(23)17-11-8-14-21(17)15-16-9-4-2-5-10-16/h2,4-5,8-11,14H,3,6-7,12-13,15H2,1H3,(H,20,23). The van der Waals surface area contributed by atoms with Gasteiger partial charge in [0.15, 0.2) is 0 Å². The van der Waals surface area contributed by atoms with Gasteiger partial charge in [-0.1, -0.05) is 36.8 Å². The van der Waals surface area contributed by atoms with Crippen molar-refractivity contribution in [3.63, 3.8) is 0 Å². The Kier molecular flexibility index (Phi) is 7.08. The molecule has 0 aliphatic heterocycles. The topological polar surface area (TPSA) is 60.3 Å². The molecule has 2 aromatic rings. The fraction of sp³-hybridized carbons (Fsp3) is 0.368. The lowest BCUT2D eigenvalue weighted by Crippen LogP contribution is -2.27. The molecule has 0 fully saturated rings. The number of ether oxygens (including phenoxy) is 1. The molecule has 24 heavy (non-hydrogen) atoms. The van der Waals surface area contributed by atoms with E-state index >= 15 is 0 Å². The normalized spacial score (nSPS) is 10.4. The van der Waals surface area contributed by atoms with Crippen molar-refractivity contribution in [2.24, 2.45) is 0 Å². The Bertz CT molecular complexity index is 650. The Hall–Kier alpha value is -2.56. The maximum atomic E-state index is 12.3. The summed E-state index contributed by atoms with van der Waals surface area (Å²) in [6.07, 6.45) is 4.87. The Labute approximate surface area is 142 Å². The molecule has 1 amide bonds. The van der Waals surface area contributed by atoms with Gasteiger partial charge in [-0.05, 0) is 30.5 Å². The van der Waals surface area contributed by atoms with Crippen molar-refractivity contribution in [2.45, 2.75) is 32.2 Å². The van der Waals surface area contributed by atoms with Crippen LogP contribution in [0.1, 0.15) is 41.7 Å². The van der Waals surface area contributed by atoms with Crippen LogP contribution in [0.15, 0.2) is 48.7 Å². The highest BCUT2D eigenvalue weighted by molar-refractivity contribution is 5.92. The largest absolute Gasteiger partial charge is 0.469 e. The van der Waals surface area contributed by atoms with E-state index in [2.05, 4.69) is 10.1 Å². The highest BCUT2D eigenvalue weighted by atomic mass is 16.5. The number of unbranched alkanes of at least 4 members (excludes halogenated alkanes) is 2. The van der Waals surface area contributed by atoms with Gasteiger partial charge in [0, 0.05) is 25.7 Å². The highest BCUT2D eigenvalue weighted by Gasteiger charge is 2.10. The van der Waals surface area contributed by atoms with Crippen LogP contribution in [-0.4, -0.2) is 30.1 Å². The van der Waals surface area contributed by atoms with Crippen molar-refractivity contribution < 1.29 is 14.3 Å². The number of methoxy groups -OCH3 is 1. The predicted octanol–water partition coefficient (Wildman–Crippen LogP) is 3.00. The molecule has 1 aromatic heterocycles. The molecule has 0 unspecified atom stereocenters. The minimum Gasteiger partial charge on any atom is -0.469 e. The van der Waals surface area contributed by atoms with Crippen LogP contribution >= 0.6 is 0 Å². The second kappa shape index (κ2) is 9.55. The van der Waals surface area contributed by atoms with Gasteiger partial charge in [0.25, 0.3) is 5.91 Å². The number of esters is 1. The summed E-state index contributed by atoms with van der Waals surface area (Å²) in [7, 11) is 1.40. The first-order valence-corrected chi connectivity index (χ1v) is 8.25. The van der Waals surface area contributed by atoms with Crippen LogP contribution in [-0.2, 0) is 16.1 Å². The van der Waals surface area contributed by atoms with Gasteiger partial charge >= 0.3 is 5.97 Å². The number of amides is 1. The van der Waals surface area contributed by atoms with Gasteiger partial charge in [-0.3, -0.25) is 9.59 Å². The maximum Gasteiger partial charge on any atom is 0.305 e. The van der Waals surface area contributed by atoms with Crippen LogP contribution < -0.4 is 5.32 Å². The van der Waals surface area contributed by atoms with E-state index in [9.17, 15) is 9.59 Å². The molecule has 5 nitrogen and oxygen atoms in total. The van der Waals surface area contributed by atoms with Crippen LogP contribution in [0.3, 0.4) is 0 Å². The van der Waals surface area contributed by atoms with Crippen LogP contribution in [0.5, 0.6) is 0 Å². The van der Waals surface area contributed by atoms with Crippen molar-refractivity contribution >= 4 is 11.9 Å². The third kappa shape index (κ3) is 5.57. The van der Waals surface area contributed by atoms with E-state index in [-0.39, 0.29) is 11.9 Å². The quantitative estimate of drug-likeness (QED) is 0.568. The first-order chi connectivity index (χ1) is 11.7. The molecule has 5 heteroatoms. The zero-order chi connectivity index (χ0) is 17.2. The lowest BCUT2D eigenvalue weighted by molar-refractivity contribution is -0.140. The first-order valence-electron chi connectivity index (χ1n) is 8.25. The van der Waals surface area contributed by atoms with Crippen molar-refractivity contribution in [1.29, 1.82) is 0 Å². The van der Waals surface area contributed by atoms with Crippen LogP contribution in [0.2, 0.25) is 0 Å². The molecule has 0 aliphatic rings. The van der Waals surface area contributed by atoms with E-state index in [1.807, 2.05) is 53.2 Å². The minimum atomic E-state index is -0.183. The first kappa shape index (κ1) is 17.8. The Morgan fingerprint density at radius 2 is 1.83 bits per heavy atom. The van der Waals surface area contributed by atoms with E-state index in [0.717, 1.165) is 24.8 Å². The number of hydrogen-bond donors (Lipinski definition) is 1. The minimum absolute atomic E-state index is 0.0658. The van der Waals surface area contributed by atoms with Gasteiger partial charge in [0.2, 0.25) is 0 Å². The molecule has 0 saturated heterocycles. The number of rotatable bonds is 9. The molecule has 0 radical (unpaired) electrons. The fourth-order valence-electron chi connectivity index (χ4n) is 2.50. The fourth-order valence-corrected chi connectivity index (χ4v) is 2.50. The van der Waals surface area contributed by atoms with E-state index in [1.165, 1.54) is 7.11 Å². The van der Waals surface area contributed by atoms with Crippen molar-refractivity contribution in [2.75, 3.05) is 13.7 Å². The van der Waals surface area contributed by atoms with Gasteiger partial charge in [-0.15, -0.1) is 0 Å². The molecule has 1 heterocycles. The van der Waals surface area contributed by atoms with Crippen molar-refractivity contribution in [3.8, 4) is 0 Å². The van der Waals surface area contributed by atoms with E-state index < -0.39 is 0 Å². The van der Waals surface area contributed by atoms with Gasteiger partial charge < -0.3 is 14.6 Å². The number of nitrogens with zero attached hydrogens (tertiary/aromatic N) is 1. The van der Waals surface area contributed by atoms with E-state index in [1.54, 1.807) is 0 Å². The Morgan fingerprint density at radius 3 is 2.58 bits per heavy atom. The monoisotopic (exact) mass is 328 g/mol. The number of aromatic nitrogens is 1. The number of nitrogens with one attached hydrogen (secondary N) is 1. The van der Waals surface area contributed by atoms with Gasteiger partial charge in [-0.2, -0.15) is 0 Å². The third-order valence-corrected chi connectivity index (χ3v) is 3.83. The van der Waals surface area contributed by atoms with Gasteiger partial charge in [0.05, 0.1) is 7.11 Å². The van der Waals surface area contributed by atoms with Crippen LogP contribution in [0.25, 0.3) is 0 Å². The smallest absolute Gasteiger partial charge is 0.305 e. The van der Waals surface area contributed by atoms with E-state index in [4.69, 9.17) is 0 Å². The Balaban J connectivity index is 1.75. The maximum absolute atomic E-state index is 12.3. The van der Waals surface area contributed by atoms with E-state index in [0.29, 0.717) is 25.2 Å². The highest BCUT2D eigenvalue weighted by Crippen LogP contribution is 2.08. The number of carbonyl (C=O) groups is 2. The average molecular weight is 328 g/mol. The summed E-state index contributed by atoms with van der Waals surface area (Å²) in [5.74, 6) is -0.248. The number of benzene rings is 1. The number of carbonyl (C=O) groups excluding carboxylic acids is 2.